The summed E-state index contributed by atoms with van der Waals surface area (Å²) in [5.74, 6) is 0.427. The lowest BCUT2D eigenvalue weighted by atomic mass is 9.99. The summed E-state index contributed by atoms with van der Waals surface area (Å²) >= 11 is 5.37. The Morgan fingerprint density at radius 3 is 2.37 bits per heavy atom. The van der Waals surface area contributed by atoms with Crippen LogP contribution in [0.4, 0.5) is 0 Å². The molecular weight excluding hydrogens is 418 g/mol. The first kappa shape index (κ1) is 21.2. The Morgan fingerprint density at radius 2 is 1.70 bits per heavy atom. The summed E-state index contributed by atoms with van der Waals surface area (Å²) in [6.07, 6.45) is 1.03. The normalized spacial score (nSPS) is 17.4. The summed E-state index contributed by atoms with van der Waals surface area (Å²) < 4.78 is 35.3. The second-order valence-corrected chi connectivity index (χ2v) is 10.1. The lowest BCUT2D eigenvalue weighted by Gasteiger charge is -2.34. The molecule has 0 N–H and O–H groups in total. The number of sulfonamides is 1. The van der Waals surface area contributed by atoms with Crippen LogP contribution < -0.4 is 0 Å². The number of nitrogens with zero attached hydrogens (tertiary/aromatic N) is 3. The van der Waals surface area contributed by atoms with Crippen molar-refractivity contribution in [2.45, 2.75) is 37.8 Å². The molecule has 160 valence electrons. The minimum absolute atomic E-state index is 0.367. The van der Waals surface area contributed by atoms with E-state index >= 15 is 0 Å². The van der Waals surface area contributed by atoms with Crippen LogP contribution in [0.15, 0.2) is 57.8 Å². The van der Waals surface area contributed by atoms with Crippen LogP contribution in [0.2, 0.25) is 0 Å². The highest BCUT2D eigenvalue weighted by molar-refractivity contribution is 7.89. The zero-order chi connectivity index (χ0) is 21.3. The minimum Gasteiger partial charge on any atom is -0.429 e. The maximum absolute atomic E-state index is 13.1. The lowest BCUT2D eigenvalue weighted by Crippen LogP contribution is -2.48. The van der Waals surface area contributed by atoms with Gasteiger partial charge < -0.3 is 4.42 Å². The summed E-state index contributed by atoms with van der Waals surface area (Å²) in [6.45, 7) is 7.08. The van der Waals surface area contributed by atoms with Crippen LogP contribution in [-0.4, -0.2) is 48.4 Å². The zero-order valence-electron chi connectivity index (χ0n) is 17.3. The van der Waals surface area contributed by atoms with Gasteiger partial charge in [-0.15, -0.1) is 0 Å². The average molecular weight is 446 g/mol. The van der Waals surface area contributed by atoms with Crippen LogP contribution in [0.3, 0.4) is 0 Å². The van der Waals surface area contributed by atoms with Crippen molar-refractivity contribution in [2.24, 2.45) is 0 Å². The monoisotopic (exact) mass is 445 g/mol. The summed E-state index contributed by atoms with van der Waals surface area (Å²) in [4.78, 5) is 3.01. The molecule has 0 unspecified atom stereocenters. The minimum atomic E-state index is -3.48. The van der Waals surface area contributed by atoms with Gasteiger partial charge in [0.05, 0.1) is 17.1 Å². The van der Waals surface area contributed by atoms with Crippen molar-refractivity contribution >= 4 is 33.3 Å². The van der Waals surface area contributed by atoms with Gasteiger partial charge in [0.25, 0.3) is 4.84 Å². The molecule has 1 atom stereocenters. The quantitative estimate of drug-likeness (QED) is 0.525. The van der Waals surface area contributed by atoms with Gasteiger partial charge in [-0.3, -0.25) is 9.47 Å². The number of hydrogen-bond acceptors (Lipinski definition) is 5. The van der Waals surface area contributed by atoms with E-state index in [2.05, 4.69) is 18.7 Å². The fourth-order valence-electron chi connectivity index (χ4n) is 3.81. The van der Waals surface area contributed by atoms with Crippen molar-refractivity contribution in [3.05, 3.63) is 58.9 Å². The highest BCUT2D eigenvalue weighted by Gasteiger charge is 2.29. The molecule has 8 heteroatoms. The number of oxazole rings is 1. The van der Waals surface area contributed by atoms with Crippen LogP contribution >= 0.6 is 12.2 Å². The van der Waals surface area contributed by atoms with E-state index in [4.69, 9.17) is 16.6 Å². The van der Waals surface area contributed by atoms with Gasteiger partial charge in [-0.2, -0.15) is 4.31 Å². The van der Waals surface area contributed by atoms with E-state index in [0.29, 0.717) is 48.5 Å². The fourth-order valence-corrected chi connectivity index (χ4v) is 5.48. The van der Waals surface area contributed by atoms with E-state index in [0.717, 1.165) is 17.5 Å². The van der Waals surface area contributed by atoms with E-state index in [-0.39, 0.29) is 0 Å². The molecule has 0 radical (unpaired) electrons. The molecule has 1 fully saturated rings. The van der Waals surface area contributed by atoms with E-state index in [1.807, 2.05) is 41.0 Å². The standard InChI is InChI=1S/C22H27N3O3S2/c1-3-17(2)18-8-10-19(11-9-18)30(26,27)24-14-12-23(13-15-24)16-25-20-6-4-5-7-21(20)28-22(25)29/h4-11,17H,3,12-16H2,1-2H3/t17-/m1/s1. The topological polar surface area (TPSA) is 58.7 Å². The van der Waals surface area contributed by atoms with Gasteiger partial charge >= 0.3 is 0 Å². The number of para-hydroxylation sites is 2. The maximum Gasteiger partial charge on any atom is 0.270 e. The molecule has 1 aromatic heterocycles. The van der Waals surface area contributed by atoms with E-state index in [1.165, 1.54) is 5.56 Å². The molecule has 0 spiro atoms. The number of fused-ring (bicyclic) bond motifs is 1. The number of aromatic nitrogens is 1. The van der Waals surface area contributed by atoms with Crippen molar-refractivity contribution in [3.63, 3.8) is 0 Å². The third kappa shape index (κ3) is 4.09. The molecule has 3 aromatic rings. The lowest BCUT2D eigenvalue weighted by molar-refractivity contribution is 0.151. The summed E-state index contributed by atoms with van der Waals surface area (Å²) in [5, 5.41) is 0. The zero-order valence-corrected chi connectivity index (χ0v) is 19.0. The van der Waals surface area contributed by atoms with Crippen molar-refractivity contribution in [3.8, 4) is 0 Å². The molecule has 1 aliphatic rings. The van der Waals surface area contributed by atoms with Gasteiger partial charge in [-0.25, -0.2) is 8.42 Å². The number of piperazine rings is 1. The summed E-state index contributed by atoms with van der Waals surface area (Å²) in [7, 11) is -3.48. The second-order valence-electron chi connectivity index (χ2n) is 7.81. The third-order valence-electron chi connectivity index (χ3n) is 5.95. The van der Waals surface area contributed by atoms with Crippen LogP contribution in [0.5, 0.6) is 0 Å². The van der Waals surface area contributed by atoms with Gasteiger partial charge in [-0.05, 0) is 54.4 Å². The molecule has 1 aliphatic heterocycles. The molecule has 0 aliphatic carbocycles. The predicted octanol–water partition coefficient (Wildman–Crippen LogP) is 4.44. The molecule has 30 heavy (non-hydrogen) atoms. The third-order valence-corrected chi connectivity index (χ3v) is 8.16. The van der Waals surface area contributed by atoms with Gasteiger partial charge in [0.2, 0.25) is 10.0 Å². The van der Waals surface area contributed by atoms with E-state index < -0.39 is 10.0 Å². The molecule has 6 nitrogen and oxygen atoms in total. The Morgan fingerprint density at radius 1 is 1.03 bits per heavy atom. The van der Waals surface area contributed by atoms with Crippen LogP contribution in [0, 0.1) is 4.84 Å². The van der Waals surface area contributed by atoms with E-state index in [1.54, 1.807) is 16.4 Å². The summed E-state index contributed by atoms with van der Waals surface area (Å²) in [6, 6.07) is 15.1. The molecular formula is C22H27N3O3S2. The molecule has 4 rings (SSSR count). The predicted molar refractivity (Wildman–Crippen MR) is 121 cm³/mol. The number of hydrogen-bond donors (Lipinski definition) is 0. The highest BCUT2D eigenvalue weighted by Crippen LogP contribution is 2.24. The highest BCUT2D eigenvalue weighted by atomic mass is 32.2. The Hall–Kier alpha value is -2.00. The summed E-state index contributed by atoms with van der Waals surface area (Å²) in [5.41, 5.74) is 2.90. The van der Waals surface area contributed by atoms with E-state index in [9.17, 15) is 8.42 Å². The Balaban J connectivity index is 1.43. The van der Waals surface area contributed by atoms with Crippen molar-refractivity contribution in [2.75, 3.05) is 26.2 Å². The smallest absolute Gasteiger partial charge is 0.270 e. The number of benzene rings is 2. The van der Waals surface area contributed by atoms with Crippen molar-refractivity contribution < 1.29 is 12.8 Å². The Labute approximate surface area is 182 Å². The Bertz CT molecular complexity index is 1170. The number of rotatable bonds is 6. The average Bonchev–Trinajstić information content (AvgIpc) is 3.08. The largest absolute Gasteiger partial charge is 0.429 e. The van der Waals surface area contributed by atoms with Gasteiger partial charge in [0.15, 0.2) is 5.58 Å². The molecule has 1 saturated heterocycles. The van der Waals surface area contributed by atoms with Gasteiger partial charge in [0.1, 0.15) is 0 Å². The van der Waals surface area contributed by atoms with Crippen LogP contribution in [0.25, 0.3) is 11.1 Å². The molecule has 0 amide bonds. The Kier molecular flexibility index (Phi) is 6.11. The van der Waals surface area contributed by atoms with Crippen LogP contribution in [0.1, 0.15) is 31.7 Å². The molecule has 2 aromatic carbocycles. The first-order chi connectivity index (χ1) is 14.4. The first-order valence-electron chi connectivity index (χ1n) is 10.3. The van der Waals surface area contributed by atoms with Crippen LogP contribution in [-0.2, 0) is 16.7 Å². The maximum atomic E-state index is 13.1. The fraction of sp³-hybridized carbons (Fsp3) is 0.409. The second kappa shape index (κ2) is 8.63. The van der Waals surface area contributed by atoms with Gasteiger partial charge in [-0.1, -0.05) is 38.1 Å². The van der Waals surface area contributed by atoms with Crippen molar-refractivity contribution in [1.82, 2.24) is 13.8 Å². The molecule has 2 heterocycles. The molecule has 0 bridgehead atoms. The van der Waals surface area contributed by atoms with Gasteiger partial charge in [0, 0.05) is 26.2 Å². The SMILES string of the molecule is CC[C@@H](C)c1ccc(S(=O)(=O)N2CCN(Cn3c(=S)oc4ccccc43)CC2)cc1. The molecule has 0 saturated carbocycles. The first-order valence-corrected chi connectivity index (χ1v) is 12.2. The van der Waals surface area contributed by atoms with Crippen molar-refractivity contribution in [1.29, 1.82) is 0 Å².